The molecule has 2 aliphatic heterocycles. The topological polar surface area (TPSA) is 90.5 Å². The predicted molar refractivity (Wildman–Crippen MR) is 113 cm³/mol. The lowest BCUT2D eigenvalue weighted by atomic mass is 9.96. The highest BCUT2D eigenvalue weighted by Gasteiger charge is 2.40. The molecule has 3 N–H and O–H groups in total. The summed E-state index contributed by atoms with van der Waals surface area (Å²) in [4.78, 5) is 39.8. The van der Waals surface area contributed by atoms with Gasteiger partial charge in [-0.15, -0.1) is 0 Å². The molecule has 29 heavy (non-hydrogen) atoms. The Balaban J connectivity index is 1.55. The van der Waals surface area contributed by atoms with Gasteiger partial charge in [0.15, 0.2) is 0 Å². The van der Waals surface area contributed by atoms with E-state index in [-0.39, 0.29) is 29.9 Å². The van der Waals surface area contributed by atoms with Gasteiger partial charge >= 0.3 is 6.03 Å². The number of hydrogen-bond donors (Lipinski definition) is 3. The first-order valence-corrected chi connectivity index (χ1v) is 10.7. The molecule has 1 fully saturated rings. The summed E-state index contributed by atoms with van der Waals surface area (Å²) < 4.78 is 0. The molecule has 0 aliphatic carbocycles. The van der Waals surface area contributed by atoms with Crippen LogP contribution >= 0.6 is 11.3 Å². The van der Waals surface area contributed by atoms with Crippen molar-refractivity contribution in [1.29, 1.82) is 0 Å². The highest BCUT2D eigenvalue weighted by Crippen LogP contribution is 2.32. The molecule has 4 rings (SSSR count). The molecule has 2 aliphatic rings. The van der Waals surface area contributed by atoms with Crippen molar-refractivity contribution in [3.8, 4) is 11.1 Å². The van der Waals surface area contributed by atoms with Crippen LogP contribution in [0.3, 0.4) is 0 Å². The molecule has 0 unspecified atom stereocenters. The minimum Gasteiger partial charge on any atom is -0.336 e. The molecule has 0 saturated carbocycles. The zero-order valence-electron chi connectivity index (χ0n) is 16.4. The van der Waals surface area contributed by atoms with Gasteiger partial charge in [-0.1, -0.05) is 6.07 Å². The van der Waals surface area contributed by atoms with E-state index in [9.17, 15) is 14.4 Å². The van der Waals surface area contributed by atoms with Crippen molar-refractivity contribution < 1.29 is 14.4 Å². The number of rotatable bonds is 3. The Bertz CT molecular complexity index is 941. The summed E-state index contributed by atoms with van der Waals surface area (Å²) in [5, 5.41) is 12.6. The molecule has 0 radical (unpaired) electrons. The van der Waals surface area contributed by atoms with E-state index in [1.54, 1.807) is 22.3 Å². The number of piperidine rings is 1. The van der Waals surface area contributed by atoms with Gasteiger partial charge in [0.2, 0.25) is 5.91 Å². The molecule has 7 nitrogen and oxygen atoms in total. The van der Waals surface area contributed by atoms with Crippen LogP contribution in [-0.2, 0) is 4.79 Å². The quantitative estimate of drug-likeness (QED) is 0.724. The number of amides is 4. The lowest BCUT2D eigenvalue weighted by Crippen LogP contribution is -2.56. The van der Waals surface area contributed by atoms with Crippen molar-refractivity contribution >= 4 is 34.9 Å². The molecule has 1 saturated heterocycles. The predicted octanol–water partition coefficient (Wildman–Crippen LogP) is 3.05. The van der Waals surface area contributed by atoms with Crippen molar-refractivity contribution in [2.75, 3.05) is 11.9 Å². The van der Waals surface area contributed by atoms with Crippen molar-refractivity contribution in [2.45, 2.75) is 44.8 Å². The van der Waals surface area contributed by atoms with E-state index in [1.807, 2.05) is 42.8 Å². The van der Waals surface area contributed by atoms with Gasteiger partial charge in [-0.3, -0.25) is 9.59 Å². The van der Waals surface area contributed by atoms with E-state index in [0.29, 0.717) is 30.6 Å². The van der Waals surface area contributed by atoms with E-state index in [4.69, 9.17) is 0 Å². The lowest BCUT2D eigenvalue weighted by molar-refractivity contribution is -0.121. The number of urea groups is 1. The summed E-state index contributed by atoms with van der Waals surface area (Å²) in [6, 6.07) is 6.60. The summed E-state index contributed by atoms with van der Waals surface area (Å²) in [7, 11) is 0. The molecule has 2 aromatic rings. The number of fused-ring (bicyclic) bond motifs is 2. The monoisotopic (exact) mass is 412 g/mol. The molecular weight excluding hydrogens is 388 g/mol. The van der Waals surface area contributed by atoms with Gasteiger partial charge in [-0.25, -0.2) is 4.79 Å². The van der Waals surface area contributed by atoms with Gasteiger partial charge in [-0.05, 0) is 66.8 Å². The third kappa shape index (κ3) is 3.98. The van der Waals surface area contributed by atoms with Gasteiger partial charge in [0.05, 0.1) is 11.3 Å². The fourth-order valence-corrected chi connectivity index (χ4v) is 4.55. The Kier molecular flexibility index (Phi) is 5.27. The van der Waals surface area contributed by atoms with Gasteiger partial charge in [0, 0.05) is 18.6 Å². The van der Waals surface area contributed by atoms with Crippen LogP contribution in [-0.4, -0.2) is 47.4 Å². The smallest absolute Gasteiger partial charge is 0.315 e. The third-order valence-corrected chi connectivity index (χ3v) is 5.97. The Labute approximate surface area is 173 Å². The number of nitrogens with one attached hydrogen (secondary N) is 3. The summed E-state index contributed by atoms with van der Waals surface area (Å²) in [5.41, 5.74) is 3.05. The Hall–Kier alpha value is -2.87. The Morgan fingerprint density at radius 2 is 2.07 bits per heavy atom. The standard InChI is InChI=1S/C21H24N4O3S/c1-12(2)22-21(28)23-15-5-7-25-18(10-15)19(26)24-17-4-3-13(9-16(17)20(25)27)14-6-8-29-11-14/h3-4,6,8-9,11-12,15,18H,5,7,10H2,1-2H3,(H,24,26)(H2,22,23,28)/t15-,18+/m1/s1. The molecule has 2 atom stereocenters. The van der Waals surface area contributed by atoms with Gasteiger partial charge in [-0.2, -0.15) is 11.3 Å². The maximum Gasteiger partial charge on any atom is 0.315 e. The normalized spacial score (nSPS) is 21.1. The van der Waals surface area contributed by atoms with Crippen LogP contribution in [0.2, 0.25) is 0 Å². The van der Waals surface area contributed by atoms with E-state index >= 15 is 0 Å². The number of hydrogen-bond acceptors (Lipinski definition) is 4. The van der Waals surface area contributed by atoms with Crippen molar-refractivity contribution in [3.63, 3.8) is 0 Å². The molecule has 3 heterocycles. The number of carbonyl (C=O) groups is 3. The second-order valence-corrected chi connectivity index (χ2v) is 8.55. The molecule has 8 heteroatoms. The van der Waals surface area contributed by atoms with Gasteiger partial charge < -0.3 is 20.9 Å². The van der Waals surface area contributed by atoms with Crippen LogP contribution in [0.15, 0.2) is 35.0 Å². The van der Waals surface area contributed by atoms with E-state index in [0.717, 1.165) is 11.1 Å². The SMILES string of the molecule is CC(C)NC(=O)N[C@@H]1CCN2C(=O)c3cc(-c4ccsc4)ccc3NC(=O)[C@@H]2C1. The molecular formula is C21H24N4O3S. The minimum absolute atomic E-state index is 0.0322. The molecule has 0 bridgehead atoms. The maximum absolute atomic E-state index is 13.2. The van der Waals surface area contributed by atoms with Gasteiger partial charge in [0.1, 0.15) is 6.04 Å². The highest BCUT2D eigenvalue weighted by molar-refractivity contribution is 7.08. The van der Waals surface area contributed by atoms with E-state index < -0.39 is 6.04 Å². The molecule has 152 valence electrons. The number of benzene rings is 1. The van der Waals surface area contributed by atoms with Crippen LogP contribution in [0, 0.1) is 0 Å². The van der Waals surface area contributed by atoms with Crippen LogP contribution in [0.4, 0.5) is 10.5 Å². The second-order valence-electron chi connectivity index (χ2n) is 7.77. The third-order valence-electron chi connectivity index (χ3n) is 5.28. The van der Waals surface area contributed by atoms with Crippen molar-refractivity contribution in [1.82, 2.24) is 15.5 Å². The average Bonchev–Trinajstić information content (AvgIpc) is 3.18. The molecule has 1 aromatic heterocycles. The van der Waals surface area contributed by atoms with Crippen molar-refractivity contribution in [3.05, 3.63) is 40.6 Å². The van der Waals surface area contributed by atoms with Crippen molar-refractivity contribution in [2.24, 2.45) is 0 Å². The summed E-state index contributed by atoms with van der Waals surface area (Å²) >= 11 is 1.60. The first kappa shape index (κ1) is 19.4. The largest absolute Gasteiger partial charge is 0.336 e. The molecule has 0 spiro atoms. The first-order valence-electron chi connectivity index (χ1n) is 9.78. The minimum atomic E-state index is -0.599. The number of carbonyl (C=O) groups excluding carboxylic acids is 3. The van der Waals surface area contributed by atoms with Crippen LogP contribution in [0.1, 0.15) is 37.0 Å². The first-order chi connectivity index (χ1) is 13.9. The van der Waals surface area contributed by atoms with Crippen LogP contribution in [0.25, 0.3) is 11.1 Å². The average molecular weight is 413 g/mol. The van der Waals surface area contributed by atoms with Crippen LogP contribution < -0.4 is 16.0 Å². The molecule has 1 aromatic carbocycles. The van der Waals surface area contributed by atoms with Gasteiger partial charge in [0.25, 0.3) is 5.91 Å². The summed E-state index contributed by atoms with van der Waals surface area (Å²) in [6.45, 7) is 4.20. The summed E-state index contributed by atoms with van der Waals surface area (Å²) in [6.07, 6.45) is 1.01. The zero-order chi connectivity index (χ0) is 20.5. The number of anilines is 1. The number of nitrogens with zero attached hydrogens (tertiary/aromatic N) is 1. The highest BCUT2D eigenvalue weighted by atomic mass is 32.1. The fourth-order valence-electron chi connectivity index (χ4n) is 3.89. The second kappa shape index (κ2) is 7.87. The number of thiophene rings is 1. The Morgan fingerprint density at radius 3 is 2.79 bits per heavy atom. The Morgan fingerprint density at radius 1 is 1.24 bits per heavy atom. The fraction of sp³-hybridized carbons (Fsp3) is 0.381. The summed E-state index contributed by atoms with van der Waals surface area (Å²) in [5.74, 6) is -0.360. The van der Waals surface area contributed by atoms with E-state index in [1.165, 1.54) is 0 Å². The van der Waals surface area contributed by atoms with Crippen LogP contribution in [0.5, 0.6) is 0 Å². The van der Waals surface area contributed by atoms with E-state index in [2.05, 4.69) is 16.0 Å². The molecule has 4 amide bonds. The lowest BCUT2D eigenvalue weighted by Gasteiger charge is -2.37. The maximum atomic E-state index is 13.2. The zero-order valence-corrected chi connectivity index (χ0v) is 17.2.